The second kappa shape index (κ2) is 6.37. The maximum atomic E-state index is 12.4. The van der Waals surface area contributed by atoms with E-state index in [1.807, 2.05) is 6.92 Å². The highest BCUT2D eigenvalue weighted by atomic mass is 32.2. The molecule has 8 heteroatoms. The van der Waals surface area contributed by atoms with Gasteiger partial charge in [0, 0.05) is 31.4 Å². The lowest BCUT2D eigenvalue weighted by Gasteiger charge is -2.11. The van der Waals surface area contributed by atoms with Crippen molar-refractivity contribution < 1.29 is 17.9 Å². The largest absolute Gasteiger partial charge is 0.497 e. The molecule has 0 spiro atoms. The van der Waals surface area contributed by atoms with Gasteiger partial charge in [-0.05, 0) is 19.1 Å². The monoisotopic (exact) mass is 325 g/mol. The van der Waals surface area contributed by atoms with Crippen molar-refractivity contribution in [2.75, 3.05) is 14.2 Å². The van der Waals surface area contributed by atoms with Gasteiger partial charge in [0.1, 0.15) is 16.4 Å². The summed E-state index contributed by atoms with van der Waals surface area (Å²) in [5.74, 6) is 0.758. The number of rotatable bonds is 6. The van der Waals surface area contributed by atoms with Crippen LogP contribution in [-0.4, -0.2) is 32.4 Å². The number of benzene rings is 1. The van der Waals surface area contributed by atoms with Gasteiger partial charge in [0.15, 0.2) is 0 Å². The molecule has 0 radical (unpaired) electrons. The topological polar surface area (TPSA) is 82.5 Å². The molecule has 7 nitrogen and oxygen atoms in total. The van der Waals surface area contributed by atoms with E-state index in [0.717, 1.165) is 11.3 Å². The highest BCUT2D eigenvalue weighted by Gasteiger charge is 2.20. The third kappa shape index (κ3) is 3.40. The first-order chi connectivity index (χ1) is 10.4. The molecule has 2 rings (SSSR count). The van der Waals surface area contributed by atoms with Gasteiger partial charge >= 0.3 is 0 Å². The maximum Gasteiger partial charge on any atom is 0.244 e. The van der Waals surface area contributed by atoms with Crippen LogP contribution in [0.3, 0.4) is 0 Å². The average molecular weight is 325 g/mol. The number of hydrogen-bond acceptors (Lipinski definition) is 5. The lowest BCUT2D eigenvalue weighted by atomic mass is 10.3. The summed E-state index contributed by atoms with van der Waals surface area (Å²) < 4.78 is 39.3. The van der Waals surface area contributed by atoms with Crippen LogP contribution in [0.2, 0.25) is 0 Å². The second-order valence-corrected chi connectivity index (χ2v) is 6.49. The molecule has 0 bridgehead atoms. The Balaban J connectivity index is 2.25. The molecule has 0 aliphatic carbocycles. The molecule has 0 fully saturated rings. The second-order valence-electron chi connectivity index (χ2n) is 4.75. The maximum absolute atomic E-state index is 12.4. The van der Waals surface area contributed by atoms with Crippen LogP contribution in [0.25, 0.3) is 0 Å². The highest BCUT2D eigenvalue weighted by molar-refractivity contribution is 7.89. The molecular formula is C14H19N3O4S. The molecule has 0 atom stereocenters. The van der Waals surface area contributed by atoms with E-state index in [4.69, 9.17) is 9.47 Å². The molecule has 2 aromatic rings. The van der Waals surface area contributed by atoms with E-state index in [1.54, 1.807) is 24.0 Å². The van der Waals surface area contributed by atoms with Crippen LogP contribution in [0.15, 0.2) is 29.3 Å². The van der Waals surface area contributed by atoms with E-state index in [0.29, 0.717) is 5.75 Å². The number of aryl methyl sites for hydroxylation is 2. The molecule has 22 heavy (non-hydrogen) atoms. The van der Waals surface area contributed by atoms with E-state index in [9.17, 15) is 8.42 Å². The normalized spacial score (nSPS) is 11.5. The van der Waals surface area contributed by atoms with Crippen LogP contribution in [0, 0.1) is 6.92 Å². The molecule has 0 saturated heterocycles. The van der Waals surface area contributed by atoms with Crippen molar-refractivity contribution in [3.63, 3.8) is 0 Å². The first-order valence-electron chi connectivity index (χ1n) is 6.58. The number of hydrogen-bond donors (Lipinski definition) is 1. The molecule has 1 aromatic heterocycles. The SMILES string of the molecule is COc1ccc(S(=O)(=O)NCc2cn(C)nc2C)c(OC)c1. The van der Waals surface area contributed by atoms with Crippen molar-refractivity contribution in [1.29, 1.82) is 0 Å². The van der Waals surface area contributed by atoms with Crippen LogP contribution >= 0.6 is 0 Å². The number of aromatic nitrogens is 2. The van der Waals surface area contributed by atoms with Crippen LogP contribution in [0.4, 0.5) is 0 Å². The molecule has 0 saturated carbocycles. The van der Waals surface area contributed by atoms with Crippen molar-refractivity contribution in [2.45, 2.75) is 18.4 Å². The molecule has 120 valence electrons. The number of methoxy groups -OCH3 is 2. The smallest absolute Gasteiger partial charge is 0.244 e. The molecule has 0 aliphatic rings. The van der Waals surface area contributed by atoms with Gasteiger partial charge in [0.05, 0.1) is 19.9 Å². The predicted octanol–water partition coefficient (Wildman–Crippen LogP) is 1.22. The Hall–Kier alpha value is -2.06. The number of sulfonamides is 1. The van der Waals surface area contributed by atoms with Gasteiger partial charge in [-0.3, -0.25) is 4.68 Å². The summed E-state index contributed by atoms with van der Waals surface area (Å²) in [6.45, 7) is 1.99. The molecule has 1 aromatic carbocycles. The Morgan fingerprint density at radius 1 is 1.27 bits per heavy atom. The summed E-state index contributed by atoms with van der Waals surface area (Å²) in [5.41, 5.74) is 1.60. The zero-order valence-electron chi connectivity index (χ0n) is 13.0. The van der Waals surface area contributed by atoms with Gasteiger partial charge in [-0.1, -0.05) is 0 Å². The van der Waals surface area contributed by atoms with Gasteiger partial charge in [0.25, 0.3) is 0 Å². The number of nitrogens with one attached hydrogen (secondary N) is 1. The van der Waals surface area contributed by atoms with Crippen LogP contribution in [0.1, 0.15) is 11.3 Å². The molecule has 1 N–H and O–H groups in total. The minimum atomic E-state index is -3.70. The lowest BCUT2D eigenvalue weighted by molar-refractivity contribution is 0.386. The first kappa shape index (κ1) is 16.3. The standard InChI is InChI=1S/C14H19N3O4S/c1-10-11(9-17(2)16-10)8-15-22(18,19)14-6-5-12(20-3)7-13(14)21-4/h5-7,9,15H,8H2,1-4H3. The predicted molar refractivity (Wildman–Crippen MR) is 81.5 cm³/mol. The van der Waals surface area contributed by atoms with E-state index in [2.05, 4.69) is 9.82 Å². The Labute approximate surface area is 129 Å². The Kier molecular flexibility index (Phi) is 4.72. The molecule has 1 heterocycles. The van der Waals surface area contributed by atoms with E-state index in [-0.39, 0.29) is 17.2 Å². The summed E-state index contributed by atoms with van der Waals surface area (Å²) >= 11 is 0. The average Bonchev–Trinajstić information content (AvgIpc) is 2.82. The molecule has 0 amide bonds. The van der Waals surface area contributed by atoms with Gasteiger partial charge in [-0.2, -0.15) is 5.10 Å². The molecule has 0 aliphatic heterocycles. The van der Waals surface area contributed by atoms with Crippen LogP contribution in [-0.2, 0) is 23.6 Å². The summed E-state index contributed by atoms with van der Waals surface area (Å²) in [7, 11) is 1.01. The van der Waals surface area contributed by atoms with Crippen molar-refractivity contribution in [3.8, 4) is 11.5 Å². The van der Waals surface area contributed by atoms with Crippen LogP contribution < -0.4 is 14.2 Å². The van der Waals surface area contributed by atoms with Gasteiger partial charge in [-0.15, -0.1) is 0 Å². The van der Waals surface area contributed by atoms with Crippen molar-refractivity contribution >= 4 is 10.0 Å². The van der Waals surface area contributed by atoms with Gasteiger partial charge < -0.3 is 9.47 Å². The zero-order valence-corrected chi connectivity index (χ0v) is 13.8. The zero-order chi connectivity index (χ0) is 16.3. The third-order valence-corrected chi connectivity index (χ3v) is 4.67. The first-order valence-corrected chi connectivity index (χ1v) is 8.06. The van der Waals surface area contributed by atoms with E-state index < -0.39 is 10.0 Å². The van der Waals surface area contributed by atoms with Crippen molar-refractivity contribution in [1.82, 2.24) is 14.5 Å². The fraction of sp³-hybridized carbons (Fsp3) is 0.357. The molecule has 0 unspecified atom stereocenters. The highest BCUT2D eigenvalue weighted by Crippen LogP contribution is 2.28. The quantitative estimate of drug-likeness (QED) is 0.863. The summed E-state index contributed by atoms with van der Waals surface area (Å²) in [6, 6.07) is 4.56. The number of ether oxygens (including phenoxy) is 2. The number of nitrogens with zero attached hydrogens (tertiary/aromatic N) is 2. The van der Waals surface area contributed by atoms with Gasteiger partial charge in [0.2, 0.25) is 10.0 Å². The van der Waals surface area contributed by atoms with E-state index in [1.165, 1.54) is 26.4 Å². The van der Waals surface area contributed by atoms with Crippen LogP contribution in [0.5, 0.6) is 11.5 Å². The molecular weight excluding hydrogens is 306 g/mol. The Bertz CT molecular complexity index is 768. The fourth-order valence-electron chi connectivity index (χ4n) is 2.07. The lowest BCUT2D eigenvalue weighted by Crippen LogP contribution is -2.24. The van der Waals surface area contributed by atoms with Crippen molar-refractivity contribution in [2.24, 2.45) is 7.05 Å². The Morgan fingerprint density at radius 3 is 2.55 bits per heavy atom. The fourth-order valence-corrected chi connectivity index (χ4v) is 3.22. The summed E-state index contributed by atoms with van der Waals surface area (Å²) in [4.78, 5) is 0.0670. The van der Waals surface area contributed by atoms with E-state index >= 15 is 0 Å². The summed E-state index contributed by atoms with van der Waals surface area (Å²) in [5, 5.41) is 4.18. The third-order valence-electron chi connectivity index (χ3n) is 3.23. The summed E-state index contributed by atoms with van der Waals surface area (Å²) in [6.07, 6.45) is 1.78. The van der Waals surface area contributed by atoms with Crippen molar-refractivity contribution in [3.05, 3.63) is 35.7 Å². The Morgan fingerprint density at radius 2 is 2.00 bits per heavy atom. The minimum Gasteiger partial charge on any atom is -0.497 e. The van der Waals surface area contributed by atoms with Gasteiger partial charge in [-0.25, -0.2) is 13.1 Å². The minimum absolute atomic E-state index is 0.0670.